The Bertz CT molecular complexity index is 2000. The van der Waals surface area contributed by atoms with E-state index in [-0.39, 0.29) is 58.9 Å². The van der Waals surface area contributed by atoms with Crippen LogP contribution in [0.25, 0.3) is 0 Å². The lowest BCUT2D eigenvalue weighted by atomic mass is 9.97. The van der Waals surface area contributed by atoms with Gasteiger partial charge in [0.1, 0.15) is 5.60 Å². The average molecular weight is 841 g/mol. The topological polar surface area (TPSA) is 137 Å². The van der Waals surface area contributed by atoms with Crippen LogP contribution in [0, 0.1) is 11.8 Å². The Labute approximate surface area is 344 Å². The Morgan fingerprint density at radius 1 is 0.746 bits per heavy atom. The number of rotatable bonds is 11. The summed E-state index contributed by atoms with van der Waals surface area (Å²) in [5, 5.41) is 12.3. The number of nitrogens with zero attached hydrogens (tertiary/aromatic N) is 3. The molecule has 2 N–H and O–H groups in total. The molecule has 11 nitrogen and oxygen atoms in total. The highest BCUT2D eigenvalue weighted by Crippen LogP contribution is 2.47. The van der Waals surface area contributed by atoms with Crippen LogP contribution >= 0.6 is 0 Å². The van der Waals surface area contributed by atoms with E-state index in [4.69, 9.17) is 9.84 Å². The number of ether oxygens (including phenoxy) is 1. The van der Waals surface area contributed by atoms with Gasteiger partial charge < -0.3 is 25.0 Å². The van der Waals surface area contributed by atoms with Crippen LogP contribution in [0.2, 0.25) is 0 Å². The molecule has 3 aromatic carbocycles. The van der Waals surface area contributed by atoms with Crippen LogP contribution in [0.4, 0.5) is 18.0 Å². The van der Waals surface area contributed by atoms with Gasteiger partial charge in [0.25, 0.3) is 0 Å². The first-order chi connectivity index (χ1) is 27.9. The number of piperidine rings is 2. The van der Waals surface area contributed by atoms with Gasteiger partial charge in [0.15, 0.2) is 0 Å². The van der Waals surface area contributed by atoms with Crippen LogP contribution in [-0.2, 0) is 19.6 Å². The lowest BCUT2D eigenvalue weighted by Crippen LogP contribution is -2.46. The van der Waals surface area contributed by atoms with Gasteiger partial charge in [-0.3, -0.25) is 4.79 Å². The van der Waals surface area contributed by atoms with Gasteiger partial charge in [-0.2, -0.15) is 17.5 Å². The van der Waals surface area contributed by atoms with Gasteiger partial charge in [0.2, 0.25) is 10.0 Å². The number of halogens is 3. The van der Waals surface area contributed by atoms with Gasteiger partial charge in [-0.05, 0) is 120 Å². The normalized spacial score (nSPS) is 22.7. The summed E-state index contributed by atoms with van der Waals surface area (Å²) in [4.78, 5) is 39.1. The van der Waals surface area contributed by atoms with Crippen molar-refractivity contribution >= 4 is 28.0 Å². The predicted octanol–water partition coefficient (Wildman–Crippen LogP) is 7.51. The number of sulfonamides is 1. The Morgan fingerprint density at radius 3 is 1.69 bits per heavy atom. The molecule has 0 aromatic heterocycles. The van der Waals surface area contributed by atoms with Crippen molar-refractivity contribution in [2.75, 3.05) is 39.3 Å². The molecule has 2 heterocycles. The molecule has 4 fully saturated rings. The molecule has 59 heavy (non-hydrogen) atoms. The fourth-order valence-electron chi connectivity index (χ4n) is 8.24. The first-order valence-electron chi connectivity index (χ1n) is 20.4. The summed E-state index contributed by atoms with van der Waals surface area (Å²) in [5.41, 5.74) is 1.68. The largest absolute Gasteiger partial charge is 0.478 e. The number of carboxylic acid groups (broad SMARTS) is 1. The summed E-state index contributed by atoms with van der Waals surface area (Å²) >= 11 is 0. The smallest absolute Gasteiger partial charge is 0.471 e. The molecule has 2 amide bonds. The zero-order valence-corrected chi connectivity index (χ0v) is 34.6. The number of carbonyl (C=O) groups excluding carboxylic acids is 2. The molecule has 3 aromatic rings. The van der Waals surface area contributed by atoms with Crippen molar-refractivity contribution in [2.45, 2.75) is 99.9 Å². The van der Waals surface area contributed by atoms with Gasteiger partial charge in [-0.15, -0.1) is 0 Å². The molecule has 4 aliphatic rings. The van der Waals surface area contributed by atoms with Gasteiger partial charge >= 0.3 is 24.1 Å². The maximum Gasteiger partial charge on any atom is 0.471 e. The lowest BCUT2D eigenvalue weighted by Gasteiger charge is -2.35. The van der Waals surface area contributed by atoms with Crippen LogP contribution < -0.4 is 5.32 Å². The minimum absolute atomic E-state index is 0.0317. The Hall–Kier alpha value is -4.47. The molecule has 4 unspecified atom stereocenters. The number of benzene rings is 3. The highest BCUT2D eigenvalue weighted by atomic mass is 32.2. The zero-order valence-electron chi connectivity index (χ0n) is 33.8. The minimum atomic E-state index is -4.79. The fraction of sp³-hybridized carbons (Fsp3) is 0.523. The Balaban J connectivity index is 0.000000219. The summed E-state index contributed by atoms with van der Waals surface area (Å²) in [6.07, 6.45) is -0.687. The number of carbonyl (C=O) groups is 3. The molecule has 2 saturated heterocycles. The SMILES string of the molecule is CC(C)(C)OC(=O)N(CC1CCN(S(=O)(=O)c2ccc(C(=O)O)cc2)CC1)C1CC1c1ccccc1.O=C(N(CC1CCNCC1)C1CC1c1ccccc1)C(F)(F)F. The third-order valence-corrected chi connectivity index (χ3v) is 13.5. The predicted molar refractivity (Wildman–Crippen MR) is 216 cm³/mol. The fourth-order valence-corrected chi connectivity index (χ4v) is 9.71. The number of hydrogen-bond acceptors (Lipinski definition) is 7. The van der Waals surface area contributed by atoms with E-state index in [0.29, 0.717) is 38.9 Å². The Morgan fingerprint density at radius 2 is 1.22 bits per heavy atom. The van der Waals surface area contributed by atoms with Crippen LogP contribution in [0.3, 0.4) is 0 Å². The van der Waals surface area contributed by atoms with E-state index in [1.165, 1.54) is 34.1 Å². The van der Waals surface area contributed by atoms with E-state index in [2.05, 4.69) is 17.4 Å². The molecule has 0 radical (unpaired) electrons. The summed E-state index contributed by atoms with van der Waals surface area (Å²) in [6.45, 7) is 8.64. The molecule has 0 spiro atoms. The maximum atomic E-state index is 13.1. The number of carboxylic acids is 1. The first kappa shape index (κ1) is 44.1. The van der Waals surface area contributed by atoms with Crippen molar-refractivity contribution in [3.05, 3.63) is 102 Å². The van der Waals surface area contributed by atoms with Crippen molar-refractivity contribution in [3.8, 4) is 0 Å². The van der Waals surface area contributed by atoms with E-state index in [0.717, 1.165) is 42.8 Å². The standard InChI is InChI=1S/C27H34N2O6S.C17H21F3N2O/c1-27(2,3)35-26(32)29(24-17-23(24)20-7-5-4-6-8-20)18-19-13-15-28(16-14-19)36(33,34)22-11-9-21(10-12-22)25(30)31;18-17(19,20)16(23)22(11-12-6-8-21-9-7-12)15-10-14(15)13-4-2-1-3-5-13/h4-12,19,23-24H,13-18H2,1-3H3,(H,30,31);1-5,12,14-15,21H,6-11H2. The molecule has 2 aliphatic carbocycles. The van der Waals surface area contributed by atoms with E-state index < -0.39 is 33.7 Å². The zero-order chi connectivity index (χ0) is 42.5. The van der Waals surface area contributed by atoms with Crippen molar-refractivity contribution in [1.29, 1.82) is 0 Å². The minimum Gasteiger partial charge on any atom is -0.478 e. The van der Waals surface area contributed by atoms with Crippen LogP contribution in [0.15, 0.2) is 89.8 Å². The van der Waals surface area contributed by atoms with Gasteiger partial charge in [-0.1, -0.05) is 60.7 Å². The van der Waals surface area contributed by atoms with Crippen molar-refractivity contribution < 1.29 is 45.8 Å². The van der Waals surface area contributed by atoms with E-state index in [9.17, 15) is 36.0 Å². The third kappa shape index (κ3) is 11.6. The first-order valence-corrected chi connectivity index (χ1v) is 21.9. The van der Waals surface area contributed by atoms with E-state index in [1.54, 1.807) is 0 Å². The van der Waals surface area contributed by atoms with Crippen molar-refractivity contribution in [2.24, 2.45) is 11.8 Å². The molecule has 2 saturated carbocycles. The molecule has 4 atom stereocenters. The van der Waals surface area contributed by atoms with Crippen LogP contribution in [0.1, 0.15) is 92.6 Å². The third-order valence-electron chi connectivity index (χ3n) is 11.6. The monoisotopic (exact) mass is 840 g/mol. The van der Waals surface area contributed by atoms with Crippen molar-refractivity contribution in [3.63, 3.8) is 0 Å². The molecular formula is C44H55F3N4O7S. The number of hydrogen-bond donors (Lipinski definition) is 2. The number of nitrogens with one attached hydrogen (secondary N) is 1. The summed E-state index contributed by atoms with van der Waals surface area (Å²) in [7, 11) is -3.71. The molecular weight excluding hydrogens is 786 g/mol. The summed E-state index contributed by atoms with van der Waals surface area (Å²) in [6, 6.07) is 24.7. The second-order valence-electron chi connectivity index (χ2n) is 17.1. The number of amides is 2. The van der Waals surface area contributed by atoms with E-state index >= 15 is 0 Å². The van der Waals surface area contributed by atoms with Crippen LogP contribution in [0.5, 0.6) is 0 Å². The quantitative estimate of drug-likeness (QED) is 0.203. The van der Waals surface area contributed by atoms with Gasteiger partial charge in [0.05, 0.1) is 10.5 Å². The number of aromatic carboxylic acids is 1. The molecule has 2 aliphatic heterocycles. The lowest BCUT2D eigenvalue weighted by molar-refractivity contribution is -0.187. The summed E-state index contributed by atoms with van der Waals surface area (Å²) in [5.74, 6) is -2.15. The van der Waals surface area contributed by atoms with Gasteiger partial charge in [-0.25, -0.2) is 18.0 Å². The highest BCUT2D eigenvalue weighted by molar-refractivity contribution is 7.89. The second-order valence-corrected chi connectivity index (χ2v) is 19.0. The summed E-state index contributed by atoms with van der Waals surface area (Å²) < 4.78 is 72.2. The highest BCUT2D eigenvalue weighted by Gasteiger charge is 2.52. The maximum absolute atomic E-state index is 13.1. The molecule has 15 heteroatoms. The Kier molecular flexibility index (Phi) is 13.8. The van der Waals surface area contributed by atoms with Crippen LogP contribution in [-0.4, -0.2) is 109 Å². The van der Waals surface area contributed by atoms with Crippen molar-refractivity contribution in [1.82, 2.24) is 19.4 Å². The average Bonchev–Trinajstić information content (AvgIpc) is 4.15. The molecule has 7 rings (SSSR count). The number of alkyl halides is 3. The molecule has 320 valence electrons. The van der Waals surface area contributed by atoms with E-state index in [1.807, 2.05) is 74.2 Å². The molecule has 0 bridgehead atoms. The van der Waals surface area contributed by atoms with Gasteiger partial charge in [0, 0.05) is 50.1 Å². The second kappa shape index (κ2) is 18.4.